The number of benzene rings is 2. The number of rotatable bonds is 5. The van der Waals surface area contributed by atoms with E-state index in [1.54, 1.807) is 12.1 Å². The predicted molar refractivity (Wildman–Crippen MR) is 85.7 cm³/mol. The van der Waals surface area contributed by atoms with Gasteiger partial charge in [0.1, 0.15) is 0 Å². The summed E-state index contributed by atoms with van der Waals surface area (Å²) < 4.78 is 6.46. The Labute approximate surface area is 136 Å². The largest absolute Gasteiger partial charge is 0.372 e. The van der Waals surface area contributed by atoms with Crippen LogP contribution in [0.4, 0.5) is 0 Å². The number of hydrazine groups is 1. The molecule has 0 radical (unpaired) electrons. The highest BCUT2D eigenvalue weighted by atomic mass is 79.9. The zero-order valence-corrected chi connectivity index (χ0v) is 13.4. The van der Waals surface area contributed by atoms with Gasteiger partial charge in [-0.2, -0.15) is 0 Å². The van der Waals surface area contributed by atoms with E-state index in [4.69, 9.17) is 22.2 Å². The fraction of sp³-hybridized carbons (Fsp3) is 0.133. The number of hydrogen-bond donors (Lipinski definition) is 2. The lowest BCUT2D eigenvalue weighted by Gasteiger charge is -2.08. The van der Waals surface area contributed by atoms with Crippen LogP contribution in [0, 0.1) is 0 Å². The van der Waals surface area contributed by atoms with Crippen LogP contribution in [0.5, 0.6) is 0 Å². The summed E-state index contributed by atoms with van der Waals surface area (Å²) in [4.78, 5) is 11.4. The van der Waals surface area contributed by atoms with Crippen LogP contribution in [0.15, 0.2) is 46.9 Å². The second-order valence-electron chi connectivity index (χ2n) is 4.40. The second-order valence-corrected chi connectivity index (χ2v) is 5.69. The standard InChI is InChI=1S/C15H14BrClN2O2/c16-14-7-11(15(20)19-18)3-4-12(14)9-21-8-10-1-5-13(17)6-2-10/h1-7H,8-9,18H2,(H,19,20). The smallest absolute Gasteiger partial charge is 0.265 e. The quantitative estimate of drug-likeness (QED) is 0.482. The molecule has 3 N–H and O–H groups in total. The van der Waals surface area contributed by atoms with Crippen molar-refractivity contribution in [2.24, 2.45) is 5.84 Å². The molecule has 6 heteroatoms. The average Bonchev–Trinajstić information content (AvgIpc) is 2.50. The topological polar surface area (TPSA) is 64.3 Å². The highest BCUT2D eigenvalue weighted by Crippen LogP contribution is 2.20. The maximum absolute atomic E-state index is 11.4. The molecule has 110 valence electrons. The van der Waals surface area contributed by atoms with E-state index < -0.39 is 0 Å². The Morgan fingerprint density at radius 1 is 1.19 bits per heavy atom. The number of nitrogens with one attached hydrogen (secondary N) is 1. The van der Waals surface area contributed by atoms with Gasteiger partial charge >= 0.3 is 0 Å². The van der Waals surface area contributed by atoms with Crippen LogP contribution in [0.25, 0.3) is 0 Å². The zero-order chi connectivity index (χ0) is 15.2. The van der Waals surface area contributed by atoms with E-state index in [9.17, 15) is 4.79 Å². The first-order valence-corrected chi connectivity index (χ1v) is 7.39. The number of carbonyl (C=O) groups excluding carboxylic acids is 1. The third kappa shape index (κ3) is 4.54. The van der Waals surface area contributed by atoms with E-state index in [2.05, 4.69) is 21.4 Å². The lowest BCUT2D eigenvalue weighted by atomic mass is 10.1. The van der Waals surface area contributed by atoms with Crippen LogP contribution >= 0.6 is 27.5 Å². The summed E-state index contributed by atoms with van der Waals surface area (Å²) in [5.41, 5.74) is 4.59. The van der Waals surface area contributed by atoms with Gasteiger partial charge in [0.25, 0.3) is 5.91 Å². The molecule has 2 aromatic rings. The molecule has 2 aromatic carbocycles. The SMILES string of the molecule is NNC(=O)c1ccc(COCc2ccc(Cl)cc2)c(Br)c1. The average molecular weight is 370 g/mol. The number of ether oxygens (including phenoxy) is 1. The minimum absolute atomic E-state index is 0.329. The molecule has 21 heavy (non-hydrogen) atoms. The fourth-order valence-corrected chi connectivity index (χ4v) is 2.37. The van der Waals surface area contributed by atoms with Gasteiger partial charge in [-0.3, -0.25) is 10.2 Å². The van der Waals surface area contributed by atoms with Gasteiger partial charge in [-0.05, 0) is 35.4 Å². The highest BCUT2D eigenvalue weighted by molar-refractivity contribution is 9.10. The minimum Gasteiger partial charge on any atom is -0.372 e. The third-order valence-electron chi connectivity index (χ3n) is 2.89. The molecular weight excluding hydrogens is 356 g/mol. The van der Waals surface area contributed by atoms with Crippen LogP contribution in [-0.2, 0) is 18.0 Å². The molecule has 0 saturated carbocycles. The number of halogens is 2. The molecule has 2 rings (SSSR count). The van der Waals surface area contributed by atoms with E-state index in [1.165, 1.54) is 0 Å². The number of hydrogen-bond acceptors (Lipinski definition) is 3. The Balaban J connectivity index is 1.94. The number of carbonyl (C=O) groups is 1. The van der Waals surface area contributed by atoms with E-state index in [0.29, 0.717) is 23.8 Å². The molecule has 0 aliphatic heterocycles. The monoisotopic (exact) mass is 368 g/mol. The first-order chi connectivity index (χ1) is 10.1. The number of amides is 1. The summed E-state index contributed by atoms with van der Waals surface area (Å²) >= 11 is 9.25. The van der Waals surface area contributed by atoms with Crippen molar-refractivity contribution < 1.29 is 9.53 Å². The predicted octanol–water partition coefficient (Wildman–Crippen LogP) is 3.42. The lowest BCUT2D eigenvalue weighted by Crippen LogP contribution is -2.29. The molecule has 0 fully saturated rings. The maximum Gasteiger partial charge on any atom is 0.265 e. The fourth-order valence-electron chi connectivity index (χ4n) is 1.75. The summed E-state index contributed by atoms with van der Waals surface area (Å²) in [6.07, 6.45) is 0. The van der Waals surface area contributed by atoms with Crippen LogP contribution in [-0.4, -0.2) is 5.91 Å². The minimum atomic E-state index is -0.329. The summed E-state index contributed by atoms with van der Waals surface area (Å²) in [7, 11) is 0. The van der Waals surface area contributed by atoms with Crippen molar-refractivity contribution in [1.82, 2.24) is 5.43 Å². The van der Waals surface area contributed by atoms with Gasteiger partial charge in [0, 0.05) is 15.1 Å². The molecule has 0 saturated heterocycles. The van der Waals surface area contributed by atoms with Gasteiger partial charge in [-0.15, -0.1) is 0 Å². The van der Waals surface area contributed by atoms with Gasteiger partial charge in [-0.1, -0.05) is 45.7 Å². The van der Waals surface area contributed by atoms with Gasteiger partial charge in [0.2, 0.25) is 0 Å². The highest BCUT2D eigenvalue weighted by Gasteiger charge is 2.07. The van der Waals surface area contributed by atoms with E-state index in [0.717, 1.165) is 15.6 Å². The molecule has 4 nitrogen and oxygen atoms in total. The van der Waals surface area contributed by atoms with Crippen molar-refractivity contribution in [1.29, 1.82) is 0 Å². The molecule has 1 amide bonds. The molecule has 0 aliphatic rings. The molecule has 0 bridgehead atoms. The van der Waals surface area contributed by atoms with E-state index >= 15 is 0 Å². The Hall–Kier alpha value is -1.40. The summed E-state index contributed by atoms with van der Waals surface area (Å²) in [5, 5.41) is 0.704. The zero-order valence-electron chi connectivity index (χ0n) is 11.1. The third-order valence-corrected chi connectivity index (χ3v) is 3.88. The first kappa shape index (κ1) is 16.0. The Morgan fingerprint density at radius 2 is 1.90 bits per heavy atom. The maximum atomic E-state index is 11.4. The van der Waals surface area contributed by atoms with Crippen LogP contribution in [0.1, 0.15) is 21.5 Å². The van der Waals surface area contributed by atoms with E-state index in [-0.39, 0.29) is 5.91 Å². The Morgan fingerprint density at radius 3 is 2.52 bits per heavy atom. The number of nitrogens with two attached hydrogens (primary N) is 1. The molecular formula is C15H14BrClN2O2. The van der Waals surface area contributed by atoms with Crippen molar-refractivity contribution in [2.75, 3.05) is 0 Å². The van der Waals surface area contributed by atoms with Crippen molar-refractivity contribution in [2.45, 2.75) is 13.2 Å². The van der Waals surface area contributed by atoms with Crippen molar-refractivity contribution >= 4 is 33.4 Å². The summed E-state index contributed by atoms with van der Waals surface area (Å²) in [6, 6.07) is 12.7. The molecule has 0 aromatic heterocycles. The van der Waals surface area contributed by atoms with Crippen molar-refractivity contribution in [3.05, 3.63) is 68.7 Å². The van der Waals surface area contributed by atoms with Crippen molar-refractivity contribution in [3.8, 4) is 0 Å². The van der Waals surface area contributed by atoms with Crippen molar-refractivity contribution in [3.63, 3.8) is 0 Å². The molecule has 0 spiro atoms. The van der Waals surface area contributed by atoms with Crippen LogP contribution in [0.2, 0.25) is 5.02 Å². The van der Waals surface area contributed by atoms with E-state index in [1.807, 2.05) is 30.3 Å². The summed E-state index contributed by atoms with van der Waals surface area (Å²) in [6.45, 7) is 0.933. The summed E-state index contributed by atoms with van der Waals surface area (Å²) in [5.74, 6) is 4.77. The molecule has 0 unspecified atom stereocenters. The lowest BCUT2D eigenvalue weighted by molar-refractivity contribution is 0.0952. The van der Waals surface area contributed by atoms with Gasteiger partial charge in [0.15, 0.2) is 0 Å². The molecule has 0 heterocycles. The van der Waals surface area contributed by atoms with Crippen LogP contribution in [0.3, 0.4) is 0 Å². The Bertz CT molecular complexity index is 632. The first-order valence-electron chi connectivity index (χ1n) is 6.21. The molecule has 0 aliphatic carbocycles. The second kappa shape index (κ2) is 7.56. The van der Waals surface area contributed by atoms with Gasteiger partial charge in [-0.25, -0.2) is 5.84 Å². The van der Waals surface area contributed by atoms with Gasteiger partial charge < -0.3 is 4.74 Å². The van der Waals surface area contributed by atoms with Gasteiger partial charge in [0.05, 0.1) is 13.2 Å². The normalized spacial score (nSPS) is 10.4. The molecule has 0 atom stereocenters. The van der Waals surface area contributed by atoms with Crippen LogP contribution < -0.4 is 11.3 Å². The Kier molecular flexibility index (Phi) is 5.76. The number of nitrogen functional groups attached to an aromatic ring is 1.